The van der Waals surface area contributed by atoms with Gasteiger partial charge in [-0.2, -0.15) is 5.10 Å². The highest BCUT2D eigenvalue weighted by molar-refractivity contribution is 5.97. The Hall–Kier alpha value is -2.21. The highest BCUT2D eigenvalue weighted by Crippen LogP contribution is 2.21. The zero-order valence-corrected chi connectivity index (χ0v) is 14.2. The summed E-state index contributed by atoms with van der Waals surface area (Å²) in [6.45, 7) is 7.23. The predicted octanol–water partition coefficient (Wildman–Crippen LogP) is 1.59. The van der Waals surface area contributed by atoms with E-state index in [9.17, 15) is 9.59 Å². The second kappa shape index (κ2) is 9.05. The lowest BCUT2D eigenvalue weighted by atomic mass is 9.87. The Balaban J connectivity index is 2.40. The van der Waals surface area contributed by atoms with Crippen LogP contribution < -0.4 is 10.7 Å². The van der Waals surface area contributed by atoms with Crippen molar-refractivity contribution in [2.75, 3.05) is 20.3 Å². The molecular weight excluding hydrogens is 294 g/mol. The van der Waals surface area contributed by atoms with Crippen molar-refractivity contribution in [3.63, 3.8) is 0 Å². The molecule has 2 N–H and O–H groups in total. The van der Waals surface area contributed by atoms with E-state index in [2.05, 4.69) is 36.6 Å². The Kier molecular flexibility index (Phi) is 7.41. The van der Waals surface area contributed by atoms with E-state index in [1.54, 1.807) is 13.3 Å². The minimum Gasteiger partial charge on any atom is -0.383 e. The number of nitrogens with one attached hydrogen (secondary N) is 2. The molecule has 0 spiro atoms. The first kappa shape index (κ1) is 18.8. The second-order valence-electron chi connectivity index (χ2n) is 6.18. The van der Waals surface area contributed by atoms with E-state index >= 15 is 0 Å². The lowest BCUT2D eigenvalue weighted by molar-refractivity contribution is -0.129. The highest BCUT2D eigenvalue weighted by Gasteiger charge is 2.12. The van der Waals surface area contributed by atoms with Crippen LogP contribution in [-0.2, 0) is 19.7 Å². The molecule has 0 saturated heterocycles. The minimum absolute atomic E-state index is 0.0973. The Morgan fingerprint density at radius 1 is 1.17 bits per heavy atom. The molecule has 0 fully saturated rings. The number of ether oxygens (including phenoxy) is 1. The number of benzene rings is 1. The molecule has 6 nitrogen and oxygen atoms in total. The molecule has 23 heavy (non-hydrogen) atoms. The van der Waals surface area contributed by atoms with Crippen molar-refractivity contribution in [3.8, 4) is 0 Å². The first-order valence-corrected chi connectivity index (χ1v) is 7.51. The van der Waals surface area contributed by atoms with E-state index in [1.165, 1.54) is 5.56 Å². The van der Waals surface area contributed by atoms with Crippen molar-refractivity contribution < 1.29 is 14.3 Å². The molecule has 0 aliphatic carbocycles. The van der Waals surface area contributed by atoms with Crippen molar-refractivity contribution in [3.05, 3.63) is 35.4 Å². The molecule has 1 aromatic rings. The predicted molar refractivity (Wildman–Crippen MR) is 90.4 cm³/mol. The largest absolute Gasteiger partial charge is 0.383 e. The van der Waals surface area contributed by atoms with Gasteiger partial charge in [-0.05, 0) is 16.5 Å². The number of amides is 2. The maximum atomic E-state index is 11.5. The van der Waals surface area contributed by atoms with Gasteiger partial charge in [0.25, 0.3) is 0 Å². The quantitative estimate of drug-likeness (QED) is 0.347. The van der Waals surface area contributed by atoms with Crippen LogP contribution in [0.4, 0.5) is 0 Å². The summed E-state index contributed by atoms with van der Waals surface area (Å²) in [7, 11) is 1.54. The fourth-order valence-corrected chi connectivity index (χ4v) is 1.79. The molecule has 0 aromatic heterocycles. The van der Waals surface area contributed by atoms with Gasteiger partial charge in [-0.1, -0.05) is 45.0 Å². The number of rotatable bonds is 7. The van der Waals surface area contributed by atoms with Gasteiger partial charge in [0, 0.05) is 13.7 Å². The molecule has 0 heterocycles. The Labute approximate surface area is 137 Å². The van der Waals surface area contributed by atoms with Crippen LogP contribution in [0.1, 0.15) is 38.3 Å². The number of hydrazone groups is 1. The highest BCUT2D eigenvalue weighted by atomic mass is 16.5. The number of hydrogen-bond acceptors (Lipinski definition) is 4. The number of hydrogen-bond donors (Lipinski definition) is 2. The average Bonchev–Trinajstić information content (AvgIpc) is 2.47. The van der Waals surface area contributed by atoms with Crippen LogP contribution >= 0.6 is 0 Å². The topological polar surface area (TPSA) is 79.8 Å². The van der Waals surface area contributed by atoms with Gasteiger partial charge < -0.3 is 10.1 Å². The Bertz CT molecular complexity index is 545. The van der Waals surface area contributed by atoms with Crippen LogP contribution in [0.25, 0.3) is 0 Å². The van der Waals surface area contributed by atoms with E-state index in [-0.39, 0.29) is 17.7 Å². The van der Waals surface area contributed by atoms with E-state index < -0.39 is 5.91 Å². The summed E-state index contributed by atoms with van der Waals surface area (Å²) in [4.78, 5) is 23.0. The van der Waals surface area contributed by atoms with Gasteiger partial charge >= 0.3 is 0 Å². The zero-order valence-electron chi connectivity index (χ0n) is 14.2. The Morgan fingerprint density at radius 2 is 1.83 bits per heavy atom. The van der Waals surface area contributed by atoms with Gasteiger partial charge in [0.05, 0.1) is 12.8 Å². The third-order valence-electron chi connectivity index (χ3n) is 3.13. The lowest BCUT2D eigenvalue weighted by Gasteiger charge is -2.18. The molecule has 0 atom stereocenters. The number of carbonyl (C=O) groups excluding carboxylic acids is 2. The molecule has 126 valence electrons. The van der Waals surface area contributed by atoms with Crippen molar-refractivity contribution >= 4 is 18.0 Å². The third-order valence-corrected chi connectivity index (χ3v) is 3.13. The molecular formula is C17H25N3O3. The van der Waals surface area contributed by atoms with Crippen LogP contribution in [0.2, 0.25) is 0 Å². The third kappa shape index (κ3) is 7.56. The normalized spacial score (nSPS) is 11.5. The van der Waals surface area contributed by atoms with Crippen molar-refractivity contribution in [2.24, 2.45) is 5.10 Å². The molecule has 0 radical (unpaired) electrons. The number of carbonyl (C=O) groups is 2. The van der Waals surface area contributed by atoms with E-state index in [0.717, 1.165) is 5.56 Å². The molecule has 1 rings (SSSR count). The SMILES string of the molecule is COCCNC(=O)CC(=O)N/N=C\c1ccc(C(C)(C)C)cc1. The van der Waals surface area contributed by atoms with Crippen molar-refractivity contribution in [1.29, 1.82) is 0 Å². The number of methoxy groups -OCH3 is 1. The summed E-state index contributed by atoms with van der Waals surface area (Å²) in [6, 6.07) is 7.94. The summed E-state index contributed by atoms with van der Waals surface area (Å²) in [5, 5.41) is 6.42. The Morgan fingerprint density at radius 3 is 2.39 bits per heavy atom. The van der Waals surface area contributed by atoms with Gasteiger partial charge in [0.15, 0.2) is 0 Å². The van der Waals surface area contributed by atoms with Crippen LogP contribution in [0.3, 0.4) is 0 Å². The standard InChI is InChI=1S/C17H25N3O3/c1-17(2,3)14-7-5-13(6-8-14)12-19-20-16(22)11-15(21)18-9-10-23-4/h5-8,12H,9-11H2,1-4H3,(H,18,21)(H,20,22)/b19-12-. The van der Waals surface area contributed by atoms with Crippen LogP contribution in [0.15, 0.2) is 29.4 Å². The van der Waals surface area contributed by atoms with Gasteiger partial charge in [-0.3, -0.25) is 9.59 Å². The fraction of sp³-hybridized carbons (Fsp3) is 0.471. The lowest BCUT2D eigenvalue weighted by Crippen LogP contribution is -2.31. The van der Waals surface area contributed by atoms with Crippen molar-refractivity contribution in [1.82, 2.24) is 10.7 Å². The van der Waals surface area contributed by atoms with Gasteiger partial charge in [0.1, 0.15) is 6.42 Å². The molecule has 0 saturated carbocycles. The summed E-state index contributed by atoms with van der Waals surface area (Å²) >= 11 is 0. The van der Waals surface area contributed by atoms with Crippen LogP contribution in [-0.4, -0.2) is 38.3 Å². The first-order chi connectivity index (χ1) is 10.8. The molecule has 0 aliphatic rings. The molecule has 6 heteroatoms. The van der Waals surface area contributed by atoms with E-state index in [0.29, 0.717) is 13.2 Å². The minimum atomic E-state index is -0.456. The maximum Gasteiger partial charge on any atom is 0.249 e. The van der Waals surface area contributed by atoms with Crippen LogP contribution in [0, 0.1) is 0 Å². The second-order valence-corrected chi connectivity index (χ2v) is 6.18. The van der Waals surface area contributed by atoms with E-state index in [4.69, 9.17) is 4.74 Å². The average molecular weight is 319 g/mol. The fourth-order valence-electron chi connectivity index (χ4n) is 1.79. The van der Waals surface area contributed by atoms with E-state index in [1.807, 2.05) is 24.3 Å². The summed E-state index contributed by atoms with van der Waals surface area (Å²) < 4.78 is 4.80. The van der Waals surface area contributed by atoms with Gasteiger partial charge in [0.2, 0.25) is 11.8 Å². The van der Waals surface area contributed by atoms with Gasteiger partial charge in [-0.25, -0.2) is 5.43 Å². The smallest absolute Gasteiger partial charge is 0.249 e. The molecule has 0 unspecified atom stereocenters. The van der Waals surface area contributed by atoms with Gasteiger partial charge in [-0.15, -0.1) is 0 Å². The summed E-state index contributed by atoms with van der Waals surface area (Å²) in [5.41, 5.74) is 4.54. The monoisotopic (exact) mass is 319 g/mol. The summed E-state index contributed by atoms with van der Waals surface area (Å²) in [5.74, 6) is -0.813. The molecule has 1 aromatic carbocycles. The molecule has 0 bridgehead atoms. The molecule has 0 aliphatic heterocycles. The zero-order chi connectivity index (χ0) is 17.3. The maximum absolute atomic E-state index is 11.5. The first-order valence-electron chi connectivity index (χ1n) is 7.51. The number of nitrogens with zero attached hydrogens (tertiary/aromatic N) is 1. The summed E-state index contributed by atoms with van der Waals surface area (Å²) in [6.07, 6.45) is 1.29. The van der Waals surface area contributed by atoms with Crippen LogP contribution in [0.5, 0.6) is 0 Å². The van der Waals surface area contributed by atoms with Crippen molar-refractivity contribution in [2.45, 2.75) is 32.6 Å². The molecule has 2 amide bonds.